The van der Waals surface area contributed by atoms with Crippen LogP contribution in [0.3, 0.4) is 0 Å². The maximum atomic E-state index is 6.25. The lowest BCUT2D eigenvalue weighted by Gasteiger charge is -2.20. The van der Waals surface area contributed by atoms with Crippen LogP contribution < -0.4 is 9.47 Å². The average Bonchev–Trinajstić information content (AvgIpc) is 3.36. The zero-order valence-electron chi connectivity index (χ0n) is 18.9. The average molecular weight is 399 g/mol. The second kappa shape index (κ2) is 12.3. The van der Waals surface area contributed by atoms with Crippen LogP contribution in [0.1, 0.15) is 120 Å². The van der Waals surface area contributed by atoms with Gasteiger partial charge in [-0.15, -0.1) is 0 Å². The van der Waals surface area contributed by atoms with E-state index in [9.17, 15) is 0 Å². The SMILES string of the molecule is CCCCCCCCOc1ccc(OCCCCCCCC)c2c1C1C=CC2C1. The predicted molar refractivity (Wildman–Crippen MR) is 123 cm³/mol. The van der Waals surface area contributed by atoms with Crippen LogP contribution in [0.4, 0.5) is 0 Å². The maximum Gasteiger partial charge on any atom is 0.123 e. The van der Waals surface area contributed by atoms with Gasteiger partial charge in [-0.25, -0.2) is 0 Å². The molecule has 2 unspecified atom stereocenters. The van der Waals surface area contributed by atoms with E-state index >= 15 is 0 Å². The molecular formula is C27H42O2. The molecule has 2 atom stereocenters. The molecule has 0 saturated heterocycles. The molecule has 0 saturated carbocycles. The summed E-state index contributed by atoms with van der Waals surface area (Å²) < 4.78 is 12.5. The number of ether oxygens (including phenoxy) is 2. The summed E-state index contributed by atoms with van der Waals surface area (Å²) in [7, 11) is 0. The lowest BCUT2D eigenvalue weighted by molar-refractivity contribution is 0.292. The van der Waals surface area contributed by atoms with Gasteiger partial charge in [0.15, 0.2) is 0 Å². The molecular weight excluding hydrogens is 356 g/mol. The molecule has 162 valence electrons. The highest BCUT2D eigenvalue weighted by atomic mass is 16.5. The summed E-state index contributed by atoms with van der Waals surface area (Å²) in [6, 6.07) is 4.34. The molecule has 2 aliphatic rings. The Kier molecular flexibility index (Phi) is 9.44. The highest BCUT2D eigenvalue weighted by molar-refractivity contribution is 5.60. The van der Waals surface area contributed by atoms with Crippen molar-refractivity contribution in [3.05, 3.63) is 35.4 Å². The molecule has 0 spiro atoms. The van der Waals surface area contributed by atoms with E-state index < -0.39 is 0 Å². The Morgan fingerprint density at radius 2 is 1.03 bits per heavy atom. The third-order valence-electron chi connectivity index (χ3n) is 6.54. The minimum atomic E-state index is 0.534. The van der Waals surface area contributed by atoms with Gasteiger partial charge in [0.1, 0.15) is 11.5 Å². The summed E-state index contributed by atoms with van der Waals surface area (Å²) in [5.74, 6) is 3.29. The third-order valence-corrected chi connectivity index (χ3v) is 6.54. The molecule has 0 radical (unpaired) electrons. The predicted octanol–water partition coefficient (Wildman–Crippen LogP) is 8.31. The number of hydrogen-bond acceptors (Lipinski definition) is 2. The van der Waals surface area contributed by atoms with E-state index in [1.54, 1.807) is 0 Å². The van der Waals surface area contributed by atoms with Crippen molar-refractivity contribution in [1.29, 1.82) is 0 Å². The largest absolute Gasteiger partial charge is 0.493 e. The number of benzene rings is 1. The number of unbranched alkanes of at least 4 members (excludes halogenated alkanes) is 10. The van der Waals surface area contributed by atoms with E-state index in [1.807, 2.05) is 0 Å². The third kappa shape index (κ3) is 6.27. The Labute approximate surface area is 179 Å². The molecule has 0 aliphatic heterocycles. The molecule has 0 fully saturated rings. The van der Waals surface area contributed by atoms with Crippen molar-refractivity contribution in [3.8, 4) is 11.5 Å². The van der Waals surface area contributed by atoms with Crippen molar-refractivity contribution >= 4 is 0 Å². The van der Waals surface area contributed by atoms with Gasteiger partial charge < -0.3 is 9.47 Å². The first-order valence-corrected chi connectivity index (χ1v) is 12.5. The molecule has 2 heteroatoms. The maximum absolute atomic E-state index is 6.25. The van der Waals surface area contributed by atoms with Crippen LogP contribution in [0.25, 0.3) is 0 Å². The second-order valence-electron chi connectivity index (χ2n) is 8.96. The van der Waals surface area contributed by atoms with Crippen molar-refractivity contribution < 1.29 is 9.47 Å². The van der Waals surface area contributed by atoms with E-state index in [0.717, 1.165) is 24.7 Å². The summed E-state index contributed by atoms with van der Waals surface area (Å²) >= 11 is 0. The Morgan fingerprint density at radius 3 is 1.48 bits per heavy atom. The van der Waals surface area contributed by atoms with Crippen molar-refractivity contribution in [2.75, 3.05) is 13.2 Å². The topological polar surface area (TPSA) is 18.5 Å². The first kappa shape index (κ1) is 22.2. The highest BCUT2D eigenvalue weighted by Crippen LogP contribution is 2.55. The van der Waals surface area contributed by atoms with Gasteiger partial charge in [-0.05, 0) is 31.4 Å². The number of rotatable bonds is 16. The molecule has 0 N–H and O–H groups in total. The van der Waals surface area contributed by atoms with Crippen molar-refractivity contribution in [1.82, 2.24) is 0 Å². The molecule has 0 aromatic heterocycles. The van der Waals surface area contributed by atoms with Gasteiger partial charge >= 0.3 is 0 Å². The van der Waals surface area contributed by atoms with Crippen LogP contribution in [0.5, 0.6) is 11.5 Å². The number of fused-ring (bicyclic) bond motifs is 5. The minimum Gasteiger partial charge on any atom is -0.493 e. The van der Waals surface area contributed by atoms with E-state index in [4.69, 9.17) is 9.47 Å². The Hall–Kier alpha value is -1.44. The monoisotopic (exact) mass is 398 g/mol. The molecule has 0 amide bonds. The van der Waals surface area contributed by atoms with Gasteiger partial charge in [0.2, 0.25) is 0 Å². The van der Waals surface area contributed by atoms with Gasteiger partial charge in [0.25, 0.3) is 0 Å². The molecule has 1 aromatic rings. The highest BCUT2D eigenvalue weighted by Gasteiger charge is 2.37. The molecule has 3 rings (SSSR count). The smallest absolute Gasteiger partial charge is 0.123 e. The fraction of sp³-hybridized carbons (Fsp3) is 0.704. The van der Waals surface area contributed by atoms with Crippen LogP contribution >= 0.6 is 0 Å². The van der Waals surface area contributed by atoms with Crippen LogP contribution in [0, 0.1) is 0 Å². The lowest BCUT2D eigenvalue weighted by atomic mass is 9.95. The summed E-state index contributed by atoms with van der Waals surface area (Å²) in [6.45, 7) is 6.23. The van der Waals surface area contributed by atoms with Crippen molar-refractivity contribution in [2.45, 2.75) is 109 Å². The van der Waals surface area contributed by atoms with Crippen LogP contribution in [0.2, 0.25) is 0 Å². The van der Waals surface area contributed by atoms with E-state index in [2.05, 4.69) is 38.1 Å². The molecule has 1 aromatic carbocycles. The molecule has 2 nitrogen and oxygen atoms in total. The summed E-state index contributed by atoms with van der Waals surface area (Å²) in [6.07, 6.45) is 21.6. The summed E-state index contributed by atoms with van der Waals surface area (Å²) in [5.41, 5.74) is 2.84. The fourth-order valence-corrected chi connectivity index (χ4v) is 4.87. The fourth-order valence-electron chi connectivity index (χ4n) is 4.87. The van der Waals surface area contributed by atoms with Gasteiger partial charge in [-0.1, -0.05) is 90.2 Å². The first-order chi connectivity index (χ1) is 14.3. The van der Waals surface area contributed by atoms with Crippen LogP contribution in [-0.2, 0) is 0 Å². The summed E-state index contributed by atoms with van der Waals surface area (Å²) in [5, 5.41) is 0. The Bertz CT molecular complexity index is 581. The first-order valence-electron chi connectivity index (χ1n) is 12.5. The Morgan fingerprint density at radius 1 is 0.621 bits per heavy atom. The van der Waals surface area contributed by atoms with Gasteiger partial charge in [-0.3, -0.25) is 0 Å². The molecule has 2 aliphatic carbocycles. The van der Waals surface area contributed by atoms with Crippen LogP contribution in [-0.4, -0.2) is 13.2 Å². The second-order valence-corrected chi connectivity index (χ2v) is 8.96. The zero-order valence-corrected chi connectivity index (χ0v) is 18.9. The van der Waals surface area contributed by atoms with Gasteiger partial charge in [-0.2, -0.15) is 0 Å². The molecule has 2 bridgehead atoms. The standard InChI is InChI=1S/C27H42O2/c1-3-5-7-9-11-13-19-28-24-17-18-25(29-20-14-12-10-8-6-4-2)27-23-16-15-22(21-23)26(24)27/h15-18,22-23H,3-14,19-21H2,1-2H3. The van der Waals surface area contributed by atoms with Crippen molar-refractivity contribution in [2.24, 2.45) is 0 Å². The van der Waals surface area contributed by atoms with E-state index in [0.29, 0.717) is 11.8 Å². The molecule has 0 heterocycles. The summed E-state index contributed by atoms with van der Waals surface area (Å²) in [4.78, 5) is 0. The lowest BCUT2D eigenvalue weighted by Crippen LogP contribution is -2.06. The van der Waals surface area contributed by atoms with Crippen molar-refractivity contribution in [3.63, 3.8) is 0 Å². The number of hydrogen-bond donors (Lipinski definition) is 0. The minimum absolute atomic E-state index is 0.534. The Balaban J connectivity index is 1.48. The quantitative estimate of drug-likeness (QED) is 0.206. The van der Waals surface area contributed by atoms with E-state index in [-0.39, 0.29) is 0 Å². The normalized spacial score (nSPS) is 19.0. The zero-order chi connectivity index (χ0) is 20.3. The van der Waals surface area contributed by atoms with Crippen LogP contribution in [0.15, 0.2) is 24.3 Å². The van der Waals surface area contributed by atoms with E-state index in [1.165, 1.54) is 94.6 Å². The van der Waals surface area contributed by atoms with Gasteiger partial charge in [0.05, 0.1) is 13.2 Å². The molecule has 29 heavy (non-hydrogen) atoms. The number of allylic oxidation sites excluding steroid dienone is 2. The van der Waals surface area contributed by atoms with Gasteiger partial charge in [0, 0.05) is 23.0 Å².